The van der Waals surface area contributed by atoms with Crippen molar-refractivity contribution in [3.05, 3.63) is 61.5 Å². The van der Waals surface area contributed by atoms with Gasteiger partial charge >= 0.3 is 0 Å². The minimum atomic E-state index is 0.288. The molecule has 0 bridgehead atoms. The number of benzene rings is 2. The first-order chi connectivity index (χ1) is 15.0. The van der Waals surface area contributed by atoms with E-state index in [4.69, 9.17) is 14.6 Å². The van der Waals surface area contributed by atoms with Crippen LogP contribution in [0.4, 0.5) is 5.69 Å². The zero-order valence-corrected chi connectivity index (χ0v) is 21.7. The highest BCUT2D eigenvalue weighted by Crippen LogP contribution is 2.41. The third-order valence-corrected chi connectivity index (χ3v) is 7.97. The van der Waals surface area contributed by atoms with Gasteiger partial charge in [0.1, 0.15) is 16.5 Å². The van der Waals surface area contributed by atoms with Gasteiger partial charge in [0.25, 0.3) is 0 Å². The molecule has 1 saturated carbocycles. The lowest BCUT2D eigenvalue weighted by Crippen LogP contribution is -2.27. The molecular formula is C23H25Br2N3O2S. The van der Waals surface area contributed by atoms with Crippen LogP contribution in [0.15, 0.2) is 61.0 Å². The average molecular weight is 567 g/mol. The van der Waals surface area contributed by atoms with Crippen LogP contribution in [0.1, 0.15) is 31.2 Å². The molecule has 1 atom stereocenters. The first-order valence-corrected chi connectivity index (χ1v) is 12.6. The van der Waals surface area contributed by atoms with Crippen molar-refractivity contribution in [2.75, 3.05) is 26.6 Å². The van der Waals surface area contributed by atoms with Gasteiger partial charge < -0.3 is 14.8 Å². The van der Waals surface area contributed by atoms with E-state index in [-0.39, 0.29) is 6.04 Å². The van der Waals surface area contributed by atoms with Gasteiger partial charge in [0.2, 0.25) is 0 Å². The van der Waals surface area contributed by atoms with E-state index in [0.717, 1.165) is 49.6 Å². The van der Waals surface area contributed by atoms with Crippen molar-refractivity contribution in [2.45, 2.75) is 31.7 Å². The van der Waals surface area contributed by atoms with Crippen LogP contribution >= 0.6 is 43.6 Å². The molecule has 5 nitrogen and oxygen atoms in total. The van der Waals surface area contributed by atoms with Crippen molar-refractivity contribution in [3.63, 3.8) is 0 Å². The average Bonchev–Trinajstić information content (AvgIpc) is 3.15. The topological polar surface area (TPSA) is 46.1 Å². The van der Waals surface area contributed by atoms with Gasteiger partial charge in [-0.05, 0) is 105 Å². The van der Waals surface area contributed by atoms with E-state index in [1.165, 1.54) is 23.4 Å². The van der Waals surface area contributed by atoms with Crippen LogP contribution < -0.4 is 14.8 Å². The molecule has 0 aromatic heterocycles. The largest absolute Gasteiger partial charge is 0.496 e. The predicted molar refractivity (Wildman–Crippen MR) is 136 cm³/mol. The summed E-state index contributed by atoms with van der Waals surface area (Å²) in [4.78, 5) is 0. The van der Waals surface area contributed by atoms with Crippen LogP contribution in [0.5, 0.6) is 11.5 Å². The highest BCUT2D eigenvalue weighted by atomic mass is 79.9. The Kier molecular flexibility index (Phi) is 7.19. The Hall–Kier alpha value is -1.64. The highest BCUT2D eigenvalue weighted by Gasteiger charge is 2.29. The van der Waals surface area contributed by atoms with Crippen LogP contribution in [-0.2, 0) is 0 Å². The number of methoxy groups -OCH3 is 2. The third-order valence-electron chi connectivity index (χ3n) is 5.50. The van der Waals surface area contributed by atoms with Crippen molar-refractivity contribution in [2.24, 2.45) is 5.10 Å². The van der Waals surface area contributed by atoms with E-state index < -0.39 is 0 Å². The van der Waals surface area contributed by atoms with Gasteiger partial charge in [0.05, 0.1) is 34.2 Å². The van der Waals surface area contributed by atoms with E-state index in [2.05, 4.69) is 61.4 Å². The second-order valence-corrected chi connectivity index (χ2v) is 10.2. The lowest BCUT2D eigenvalue weighted by molar-refractivity contribution is 0.412. The molecule has 164 valence electrons. The van der Waals surface area contributed by atoms with Crippen LogP contribution in [0.3, 0.4) is 0 Å². The zero-order chi connectivity index (χ0) is 22.0. The number of nitrogens with one attached hydrogen (secondary N) is 1. The van der Waals surface area contributed by atoms with Crippen LogP contribution in [-0.4, -0.2) is 37.4 Å². The predicted octanol–water partition coefficient (Wildman–Crippen LogP) is 6.84. The molecule has 0 saturated heterocycles. The summed E-state index contributed by atoms with van der Waals surface area (Å²) in [6.07, 6.45) is 4.62. The molecule has 2 aromatic rings. The van der Waals surface area contributed by atoms with Crippen molar-refractivity contribution in [1.82, 2.24) is 5.01 Å². The molecule has 31 heavy (non-hydrogen) atoms. The molecule has 2 aliphatic rings. The summed E-state index contributed by atoms with van der Waals surface area (Å²) in [6.45, 7) is 0. The number of thioether (sulfide) groups is 1. The standard InChI is InChI=1S/C23H25Br2N3O2S/c1-28-23(31-22(27-28)14-8-10-20(29-2)17(24)12-14)16-6-4-5-7-19(16)26-15-9-11-21(30-3)18(25)13-15/h8-13,19,26H,4-7H2,1-3H3/b23-16+. The number of anilines is 1. The van der Waals surface area contributed by atoms with E-state index in [1.54, 1.807) is 26.0 Å². The van der Waals surface area contributed by atoms with Gasteiger partial charge in [-0.2, -0.15) is 5.10 Å². The summed E-state index contributed by atoms with van der Waals surface area (Å²) < 4.78 is 12.6. The monoisotopic (exact) mass is 565 g/mol. The Morgan fingerprint density at radius 2 is 1.74 bits per heavy atom. The van der Waals surface area contributed by atoms with E-state index in [9.17, 15) is 0 Å². The molecule has 0 radical (unpaired) electrons. The number of rotatable bonds is 5. The fraction of sp³-hybridized carbons (Fsp3) is 0.348. The van der Waals surface area contributed by atoms with Gasteiger partial charge in [-0.25, -0.2) is 0 Å². The molecule has 2 aromatic carbocycles. The summed E-state index contributed by atoms with van der Waals surface area (Å²) in [5.74, 6) is 1.66. The fourth-order valence-electron chi connectivity index (χ4n) is 3.93. The minimum absolute atomic E-state index is 0.288. The Bertz CT molecular complexity index is 1040. The Morgan fingerprint density at radius 3 is 2.42 bits per heavy atom. The molecule has 1 heterocycles. The number of hydrogen-bond acceptors (Lipinski definition) is 6. The second-order valence-electron chi connectivity index (χ2n) is 7.50. The molecule has 1 N–H and O–H groups in total. The molecule has 8 heteroatoms. The normalized spacial score (nSPS) is 21.1. The summed E-state index contributed by atoms with van der Waals surface area (Å²) in [5, 5.41) is 12.8. The third kappa shape index (κ3) is 4.91. The lowest BCUT2D eigenvalue weighted by Gasteiger charge is -2.30. The maximum absolute atomic E-state index is 5.36. The second kappa shape index (κ2) is 9.88. The number of halogens is 2. The number of hydrazone groups is 1. The van der Waals surface area contributed by atoms with E-state index in [1.807, 2.05) is 24.2 Å². The summed E-state index contributed by atoms with van der Waals surface area (Å²) in [6, 6.07) is 12.5. The SMILES string of the molecule is COc1ccc(NC2CCCC/C2=C2\SC(c3ccc(OC)c(Br)c3)=NN2C)cc1Br. The number of hydrogen-bond donors (Lipinski definition) is 1. The number of ether oxygens (including phenoxy) is 2. The first-order valence-electron chi connectivity index (χ1n) is 10.2. The number of nitrogens with zero attached hydrogens (tertiary/aromatic N) is 2. The Balaban J connectivity index is 1.58. The van der Waals surface area contributed by atoms with Crippen molar-refractivity contribution in [3.8, 4) is 11.5 Å². The molecular weight excluding hydrogens is 542 g/mol. The Morgan fingerprint density at radius 1 is 1.03 bits per heavy atom. The van der Waals surface area contributed by atoms with Crippen LogP contribution in [0.25, 0.3) is 0 Å². The molecule has 1 aliphatic heterocycles. The quantitative estimate of drug-likeness (QED) is 0.429. The summed E-state index contributed by atoms with van der Waals surface area (Å²) in [7, 11) is 5.40. The minimum Gasteiger partial charge on any atom is -0.496 e. The maximum atomic E-state index is 5.36. The fourth-order valence-corrected chi connectivity index (χ4v) is 6.16. The highest BCUT2D eigenvalue weighted by molar-refractivity contribution is 9.11. The smallest absolute Gasteiger partial charge is 0.133 e. The van der Waals surface area contributed by atoms with Crippen molar-refractivity contribution < 1.29 is 9.47 Å². The van der Waals surface area contributed by atoms with Gasteiger partial charge in [0.15, 0.2) is 0 Å². The Labute approximate surface area is 204 Å². The summed E-state index contributed by atoms with van der Waals surface area (Å²) >= 11 is 8.93. The molecule has 0 spiro atoms. The zero-order valence-electron chi connectivity index (χ0n) is 17.7. The van der Waals surface area contributed by atoms with Crippen LogP contribution in [0, 0.1) is 0 Å². The van der Waals surface area contributed by atoms with Gasteiger partial charge in [-0.1, -0.05) is 6.42 Å². The lowest BCUT2D eigenvalue weighted by atomic mass is 9.90. The molecule has 1 fully saturated rings. The van der Waals surface area contributed by atoms with Gasteiger partial charge in [-0.15, -0.1) is 0 Å². The molecule has 0 amide bonds. The van der Waals surface area contributed by atoms with E-state index >= 15 is 0 Å². The molecule has 1 aliphatic carbocycles. The van der Waals surface area contributed by atoms with E-state index in [0.29, 0.717) is 0 Å². The van der Waals surface area contributed by atoms with Crippen molar-refractivity contribution >= 4 is 54.4 Å². The first kappa shape index (κ1) is 22.6. The molecule has 1 unspecified atom stereocenters. The van der Waals surface area contributed by atoms with Gasteiger partial charge in [0, 0.05) is 18.3 Å². The van der Waals surface area contributed by atoms with Crippen LogP contribution in [0.2, 0.25) is 0 Å². The van der Waals surface area contributed by atoms with Gasteiger partial charge in [-0.3, -0.25) is 5.01 Å². The van der Waals surface area contributed by atoms with Crippen molar-refractivity contribution in [1.29, 1.82) is 0 Å². The molecule has 4 rings (SSSR count). The maximum Gasteiger partial charge on any atom is 0.133 e. The summed E-state index contributed by atoms with van der Waals surface area (Å²) in [5.41, 5.74) is 3.60.